The number of carbonyl (C=O) groups excluding carboxylic acids is 4. The molecule has 0 saturated heterocycles. The minimum absolute atomic E-state index is 0.104. The van der Waals surface area contributed by atoms with Crippen molar-refractivity contribution in [1.82, 2.24) is 0 Å². The van der Waals surface area contributed by atoms with Gasteiger partial charge in [0.15, 0.2) is 12.2 Å². The fourth-order valence-electron chi connectivity index (χ4n) is 11.9. The first-order chi connectivity index (χ1) is 46.9. The number of aliphatic hydroxyl groups is 1. The molecule has 0 amide bonds. The summed E-state index contributed by atoms with van der Waals surface area (Å²) in [4.78, 5) is 72.6. The predicted octanol–water partition coefficient (Wildman–Crippen LogP) is 23.1. The van der Waals surface area contributed by atoms with Crippen LogP contribution >= 0.6 is 15.6 Å². The van der Waals surface area contributed by atoms with Crippen molar-refractivity contribution in [2.24, 2.45) is 11.8 Å². The van der Waals surface area contributed by atoms with E-state index in [1.54, 1.807) is 0 Å². The second kappa shape index (κ2) is 69.8. The van der Waals surface area contributed by atoms with Gasteiger partial charge in [0.1, 0.15) is 19.3 Å². The van der Waals surface area contributed by atoms with Gasteiger partial charge in [0.05, 0.1) is 26.4 Å². The van der Waals surface area contributed by atoms with E-state index in [4.69, 9.17) is 37.0 Å². The molecule has 576 valence electrons. The van der Waals surface area contributed by atoms with Gasteiger partial charge in [-0.3, -0.25) is 37.3 Å². The molecule has 0 fully saturated rings. The highest BCUT2D eigenvalue weighted by Crippen LogP contribution is 2.45. The van der Waals surface area contributed by atoms with E-state index in [1.165, 1.54) is 218 Å². The topological polar surface area (TPSA) is 237 Å². The van der Waals surface area contributed by atoms with Crippen LogP contribution in [0.15, 0.2) is 0 Å². The SMILES string of the molecule is CCCCCCCCCCCCCCCCCCCCCCCCC(=O)O[C@H](COC(=O)CCCCCCCCCCCCCCCCC(C)CC)COP(=O)(O)OC[C@@H](O)COP(=O)(O)OC[C@@H](COC(=O)CCCCCCC)OC(=O)CCCCCCCCCCC(C)CC. The Labute approximate surface area is 594 Å². The number of carbonyl (C=O) groups is 4. The number of esters is 4. The molecule has 0 aromatic rings. The van der Waals surface area contributed by atoms with E-state index in [1.807, 2.05) is 0 Å². The third-order valence-electron chi connectivity index (χ3n) is 18.9. The van der Waals surface area contributed by atoms with E-state index in [0.29, 0.717) is 25.7 Å². The van der Waals surface area contributed by atoms with Crippen LogP contribution in [-0.4, -0.2) is 96.7 Å². The van der Waals surface area contributed by atoms with Crippen LogP contribution in [0.3, 0.4) is 0 Å². The third-order valence-corrected chi connectivity index (χ3v) is 20.8. The van der Waals surface area contributed by atoms with Gasteiger partial charge in [-0.1, -0.05) is 356 Å². The fourth-order valence-corrected chi connectivity index (χ4v) is 13.5. The molecule has 0 aliphatic rings. The van der Waals surface area contributed by atoms with Gasteiger partial charge in [-0.25, -0.2) is 9.13 Å². The number of rotatable bonds is 77. The molecule has 7 atom stereocenters. The molecular formula is C78H152O17P2. The van der Waals surface area contributed by atoms with Gasteiger partial charge in [-0.2, -0.15) is 0 Å². The summed E-state index contributed by atoms with van der Waals surface area (Å²) in [7, 11) is -9.90. The number of phosphoric ester groups is 2. The molecule has 0 rings (SSSR count). The summed E-state index contributed by atoms with van der Waals surface area (Å²) in [6.45, 7) is 9.56. The minimum Gasteiger partial charge on any atom is -0.462 e. The maximum absolute atomic E-state index is 13.1. The molecular weight excluding hydrogens is 1270 g/mol. The summed E-state index contributed by atoms with van der Waals surface area (Å²) in [5, 5.41) is 10.6. The maximum Gasteiger partial charge on any atom is 0.472 e. The number of unbranched alkanes of at least 4 members (excludes halogenated alkanes) is 45. The van der Waals surface area contributed by atoms with Crippen molar-refractivity contribution >= 4 is 39.5 Å². The van der Waals surface area contributed by atoms with Crippen molar-refractivity contribution in [2.75, 3.05) is 39.6 Å². The normalized spacial score (nSPS) is 14.5. The Hall–Kier alpha value is -1.94. The Balaban J connectivity index is 5.12. The smallest absolute Gasteiger partial charge is 0.462 e. The van der Waals surface area contributed by atoms with Crippen molar-refractivity contribution in [1.29, 1.82) is 0 Å². The Kier molecular flexibility index (Phi) is 68.4. The third kappa shape index (κ3) is 69.5. The highest BCUT2D eigenvalue weighted by Gasteiger charge is 2.30. The zero-order valence-electron chi connectivity index (χ0n) is 63.4. The lowest BCUT2D eigenvalue weighted by atomic mass is 9.99. The lowest BCUT2D eigenvalue weighted by molar-refractivity contribution is -0.161. The van der Waals surface area contributed by atoms with E-state index in [-0.39, 0.29) is 25.7 Å². The number of hydrogen-bond acceptors (Lipinski definition) is 15. The average Bonchev–Trinajstić information content (AvgIpc) is 1.44. The van der Waals surface area contributed by atoms with Crippen molar-refractivity contribution in [3.05, 3.63) is 0 Å². The standard InChI is InChI=1S/C78H152O17P2/c1-7-11-13-15-16-17-18-19-20-21-22-23-24-25-26-27-32-35-38-44-50-56-62-77(82)95-74(67-89-76(81)61-55-49-43-37-34-31-29-28-30-33-36-41-47-52-58-70(5)9-3)69-93-97(86,87)91-65-72(79)64-90-96(84,85)92-68-73(66-88-75(80)60-54-46-14-12-8-2)94-78(83)63-57-51-45-40-39-42-48-53-59-71(6)10-4/h70-74,79H,7-69H2,1-6H3,(H,84,85)(H,86,87)/t70?,71?,72-,73+,74+/m0/s1. The zero-order valence-corrected chi connectivity index (χ0v) is 65.2. The summed E-state index contributed by atoms with van der Waals surface area (Å²) in [6.07, 6.45) is 58.8. The molecule has 0 aromatic heterocycles. The van der Waals surface area contributed by atoms with Crippen molar-refractivity contribution in [3.8, 4) is 0 Å². The molecule has 0 saturated carbocycles. The molecule has 3 N–H and O–H groups in total. The van der Waals surface area contributed by atoms with Crippen LogP contribution in [0.2, 0.25) is 0 Å². The average molecular weight is 1420 g/mol. The van der Waals surface area contributed by atoms with Gasteiger partial charge < -0.3 is 33.8 Å². The molecule has 0 aliphatic carbocycles. The Bertz CT molecular complexity index is 1880. The predicted molar refractivity (Wildman–Crippen MR) is 395 cm³/mol. The summed E-state index contributed by atoms with van der Waals surface area (Å²) < 4.78 is 68.3. The van der Waals surface area contributed by atoms with E-state index < -0.39 is 97.5 Å². The Morgan fingerprint density at radius 2 is 0.495 bits per heavy atom. The number of hydrogen-bond donors (Lipinski definition) is 3. The van der Waals surface area contributed by atoms with E-state index in [2.05, 4.69) is 41.5 Å². The lowest BCUT2D eigenvalue weighted by Crippen LogP contribution is -2.30. The van der Waals surface area contributed by atoms with Crippen LogP contribution in [0, 0.1) is 11.8 Å². The van der Waals surface area contributed by atoms with Gasteiger partial charge in [0.25, 0.3) is 0 Å². The molecule has 0 bridgehead atoms. The molecule has 0 radical (unpaired) electrons. The van der Waals surface area contributed by atoms with E-state index >= 15 is 0 Å². The quantitative estimate of drug-likeness (QED) is 0.0222. The maximum atomic E-state index is 13.1. The van der Waals surface area contributed by atoms with Gasteiger partial charge in [-0.15, -0.1) is 0 Å². The van der Waals surface area contributed by atoms with Gasteiger partial charge in [0, 0.05) is 25.7 Å². The van der Waals surface area contributed by atoms with Crippen molar-refractivity contribution in [2.45, 2.75) is 426 Å². The van der Waals surface area contributed by atoms with Gasteiger partial charge in [0.2, 0.25) is 0 Å². The fraction of sp³-hybridized carbons (Fsp3) is 0.949. The van der Waals surface area contributed by atoms with Crippen LogP contribution < -0.4 is 0 Å². The molecule has 0 heterocycles. The molecule has 0 aromatic carbocycles. The Morgan fingerprint density at radius 3 is 0.732 bits per heavy atom. The van der Waals surface area contributed by atoms with E-state index in [0.717, 1.165) is 108 Å². The highest BCUT2D eigenvalue weighted by molar-refractivity contribution is 7.47. The first-order valence-corrected chi connectivity index (χ1v) is 43.6. The lowest BCUT2D eigenvalue weighted by Gasteiger charge is -2.21. The van der Waals surface area contributed by atoms with Gasteiger partial charge in [-0.05, 0) is 37.5 Å². The monoisotopic (exact) mass is 1420 g/mol. The van der Waals surface area contributed by atoms with Crippen LogP contribution in [0.1, 0.15) is 408 Å². The van der Waals surface area contributed by atoms with Crippen LogP contribution in [0.25, 0.3) is 0 Å². The number of aliphatic hydroxyl groups excluding tert-OH is 1. The summed E-state index contributed by atoms with van der Waals surface area (Å²) in [5.74, 6) is -0.508. The van der Waals surface area contributed by atoms with Crippen molar-refractivity contribution < 1.29 is 80.2 Å². The largest absolute Gasteiger partial charge is 0.472 e. The second-order valence-corrected chi connectivity index (χ2v) is 31.5. The van der Waals surface area contributed by atoms with Crippen LogP contribution in [-0.2, 0) is 65.4 Å². The van der Waals surface area contributed by atoms with Crippen molar-refractivity contribution in [3.63, 3.8) is 0 Å². The van der Waals surface area contributed by atoms with E-state index in [9.17, 15) is 43.2 Å². The first-order valence-electron chi connectivity index (χ1n) is 40.6. The molecule has 97 heavy (non-hydrogen) atoms. The Morgan fingerprint density at radius 1 is 0.289 bits per heavy atom. The molecule has 4 unspecified atom stereocenters. The zero-order chi connectivity index (χ0) is 71.4. The molecule has 0 spiro atoms. The highest BCUT2D eigenvalue weighted by atomic mass is 31.2. The molecule has 0 aliphatic heterocycles. The van der Waals surface area contributed by atoms with Crippen LogP contribution in [0.5, 0.6) is 0 Å². The van der Waals surface area contributed by atoms with Crippen LogP contribution in [0.4, 0.5) is 0 Å². The first kappa shape index (κ1) is 95.1. The summed E-state index contributed by atoms with van der Waals surface area (Å²) in [6, 6.07) is 0. The number of ether oxygens (including phenoxy) is 4. The minimum atomic E-state index is -4.96. The molecule has 17 nitrogen and oxygen atoms in total. The summed E-state index contributed by atoms with van der Waals surface area (Å²) in [5.41, 5.74) is 0. The molecule has 19 heteroatoms. The second-order valence-electron chi connectivity index (χ2n) is 28.6. The summed E-state index contributed by atoms with van der Waals surface area (Å²) >= 11 is 0. The van der Waals surface area contributed by atoms with Gasteiger partial charge >= 0.3 is 39.5 Å². The number of phosphoric acid groups is 2.